The van der Waals surface area contributed by atoms with Crippen molar-refractivity contribution in [2.75, 3.05) is 0 Å². The first-order valence-electron chi connectivity index (χ1n) is 4.44. The number of pyridine rings is 1. The standard InChI is InChI=1S/C10H13NO2/c1-2-6-9(10(12)13)11-7-4-3-5-8-11/h3-5,7-9H,2,6H2,1H3/p+1. The second-order valence-corrected chi connectivity index (χ2v) is 2.97. The molecule has 1 heterocycles. The number of aliphatic carboxylic acids is 1. The van der Waals surface area contributed by atoms with Crippen molar-refractivity contribution in [1.29, 1.82) is 0 Å². The molecule has 3 heteroatoms. The molecule has 13 heavy (non-hydrogen) atoms. The Morgan fingerprint density at radius 3 is 2.46 bits per heavy atom. The third-order valence-electron chi connectivity index (χ3n) is 1.95. The van der Waals surface area contributed by atoms with Crippen LogP contribution < -0.4 is 4.57 Å². The predicted octanol–water partition coefficient (Wildman–Crippen LogP) is 1.40. The molecule has 0 saturated carbocycles. The fourth-order valence-corrected chi connectivity index (χ4v) is 1.29. The van der Waals surface area contributed by atoms with Crippen LogP contribution in [0.25, 0.3) is 0 Å². The molecule has 0 radical (unpaired) electrons. The van der Waals surface area contributed by atoms with E-state index in [1.165, 1.54) is 0 Å². The van der Waals surface area contributed by atoms with Crippen molar-refractivity contribution in [3.8, 4) is 0 Å². The van der Waals surface area contributed by atoms with Gasteiger partial charge in [0.1, 0.15) is 0 Å². The second kappa shape index (κ2) is 4.60. The first-order valence-corrected chi connectivity index (χ1v) is 4.44. The van der Waals surface area contributed by atoms with Gasteiger partial charge in [-0.2, -0.15) is 4.57 Å². The Kier molecular flexibility index (Phi) is 3.43. The van der Waals surface area contributed by atoms with E-state index < -0.39 is 12.0 Å². The van der Waals surface area contributed by atoms with Gasteiger partial charge in [0.2, 0.25) is 0 Å². The summed E-state index contributed by atoms with van der Waals surface area (Å²) in [7, 11) is 0. The van der Waals surface area contributed by atoms with E-state index in [1.807, 2.05) is 25.1 Å². The zero-order valence-corrected chi connectivity index (χ0v) is 7.68. The summed E-state index contributed by atoms with van der Waals surface area (Å²) in [4.78, 5) is 10.9. The van der Waals surface area contributed by atoms with Gasteiger partial charge in [-0.1, -0.05) is 13.0 Å². The Balaban J connectivity index is 2.82. The number of carbonyl (C=O) groups is 1. The minimum atomic E-state index is -0.766. The first-order chi connectivity index (χ1) is 6.25. The molecule has 0 aromatic carbocycles. The Bertz CT molecular complexity index is 272. The van der Waals surface area contributed by atoms with E-state index in [4.69, 9.17) is 5.11 Å². The van der Waals surface area contributed by atoms with Crippen molar-refractivity contribution in [3.63, 3.8) is 0 Å². The number of rotatable bonds is 4. The van der Waals surface area contributed by atoms with Crippen molar-refractivity contribution < 1.29 is 14.5 Å². The molecule has 1 atom stereocenters. The molecule has 0 aliphatic heterocycles. The summed E-state index contributed by atoms with van der Waals surface area (Å²) in [6, 6.07) is 5.13. The van der Waals surface area contributed by atoms with Crippen molar-refractivity contribution in [1.82, 2.24) is 0 Å². The lowest BCUT2D eigenvalue weighted by Gasteiger charge is -2.05. The number of carboxylic acid groups (broad SMARTS) is 1. The van der Waals surface area contributed by atoms with Crippen molar-refractivity contribution >= 4 is 5.97 Å². The van der Waals surface area contributed by atoms with E-state index in [9.17, 15) is 4.79 Å². The third kappa shape index (κ3) is 2.54. The Hall–Kier alpha value is -1.38. The molecule has 70 valence electrons. The van der Waals surface area contributed by atoms with Crippen LogP contribution in [0, 0.1) is 0 Å². The van der Waals surface area contributed by atoms with Crippen molar-refractivity contribution in [2.24, 2.45) is 0 Å². The second-order valence-electron chi connectivity index (χ2n) is 2.97. The van der Waals surface area contributed by atoms with Gasteiger partial charge in [-0.05, 0) is 6.42 Å². The van der Waals surface area contributed by atoms with E-state index in [0.29, 0.717) is 6.42 Å². The molecule has 0 fully saturated rings. The first kappa shape index (κ1) is 9.71. The average molecular weight is 180 g/mol. The highest BCUT2D eigenvalue weighted by Gasteiger charge is 2.24. The predicted molar refractivity (Wildman–Crippen MR) is 48.2 cm³/mol. The van der Waals surface area contributed by atoms with Gasteiger partial charge in [0.25, 0.3) is 6.04 Å². The number of hydrogen-bond acceptors (Lipinski definition) is 1. The highest BCUT2D eigenvalue weighted by molar-refractivity contribution is 5.69. The van der Waals surface area contributed by atoms with E-state index in [-0.39, 0.29) is 0 Å². The maximum Gasteiger partial charge on any atom is 0.373 e. The van der Waals surface area contributed by atoms with Crippen LogP contribution in [-0.2, 0) is 4.79 Å². The highest BCUT2D eigenvalue weighted by Crippen LogP contribution is 2.05. The summed E-state index contributed by atoms with van der Waals surface area (Å²) < 4.78 is 1.73. The van der Waals surface area contributed by atoms with E-state index in [2.05, 4.69) is 0 Å². The fourth-order valence-electron chi connectivity index (χ4n) is 1.29. The summed E-state index contributed by atoms with van der Waals surface area (Å²) in [5, 5.41) is 8.94. The maximum atomic E-state index is 10.9. The lowest BCUT2D eigenvalue weighted by Crippen LogP contribution is -2.43. The topological polar surface area (TPSA) is 41.2 Å². The summed E-state index contributed by atoms with van der Waals surface area (Å²) >= 11 is 0. The summed E-state index contributed by atoms with van der Waals surface area (Å²) in [6.45, 7) is 1.99. The molecule has 1 rings (SSSR count). The molecular formula is C10H14NO2+. The van der Waals surface area contributed by atoms with Crippen LogP contribution in [0.15, 0.2) is 30.6 Å². The Labute approximate surface area is 77.6 Å². The average Bonchev–Trinajstić information content (AvgIpc) is 2.15. The number of aromatic nitrogens is 1. The minimum absolute atomic E-state index is 0.425. The SMILES string of the molecule is CCCC(C(=O)O)[n+]1ccccc1. The Morgan fingerprint density at radius 2 is 2.00 bits per heavy atom. The number of carboxylic acids is 1. The van der Waals surface area contributed by atoms with Crippen LogP contribution in [0.5, 0.6) is 0 Å². The lowest BCUT2D eigenvalue weighted by atomic mass is 10.1. The zero-order valence-electron chi connectivity index (χ0n) is 7.68. The normalized spacial score (nSPS) is 12.4. The van der Waals surface area contributed by atoms with Crippen LogP contribution in [0.1, 0.15) is 25.8 Å². The van der Waals surface area contributed by atoms with Crippen LogP contribution in [-0.4, -0.2) is 11.1 Å². The number of hydrogen-bond donors (Lipinski definition) is 1. The zero-order chi connectivity index (χ0) is 9.68. The Morgan fingerprint density at radius 1 is 1.38 bits per heavy atom. The van der Waals surface area contributed by atoms with E-state index in [1.54, 1.807) is 17.0 Å². The van der Waals surface area contributed by atoms with Gasteiger partial charge >= 0.3 is 5.97 Å². The monoisotopic (exact) mass is 180 g/mol. The minimum Gasteiger partial charge on any atom is -0.476 e. The molecule has 1 N–H and O–H groups in total. The van der Waals surface area contributed by atoms with Crippen molar-refractivity contribution in [3.05, 3.63) is 30.6 Å². The molecule has 0 aliphatic carbocycles. The highest BCUT2D eigenvalue weighted by atomic mass is 16.4. The number of nitrogens with zero attached hydrogens (tertiary/aromatic N) is 1. The largest absolute Gasteiger partial charge is 0.476 e. The van der Waals surface area contributed by atoms with Gasteiger partial charge in [-0.3, -0.25) is 0 Å². The summed E-state index contributed by atoms with van der Waals surface area (Å²) in [5.74, 6) is -0.766. The van der Waals surface area contributed by atoms with Gasteiger partial charge in [-0.25, -0.2) is 4.79 Å². The third-order valence-corrected chi connectivity index (χ3v) is 1.95. The molecular weight excluding hydrogens is 166 g/mol. The van der Waals surface area contributed by atoms with Gasteiger partial charge in [0, 0.05) is 18.6 Å². The van der Waals surface area contributed by atoms with E-state index in [0.717, 1.165) is 6.42 Å². The smallest absolute Gasteiger partial charge is 0.373 e. The molecule has 1 aromatic heterocycles. The summed E-state index contributed by atoms with van der Waals surface area (Å²) in [6.07, 6.45) is 5.12. The summed E-state index contributed by atoms with van der Waals surface area (Å²) in [5.41, 5.74) is 0. The molecule has 0 spiro atoms. The fraction of sp³-hybridized carbons (Fsp3) is 0.400. The van der Waals surface area contributed by atoms with E-state index >= 15 is 0 Å². The molecule has 1 unspecified atom stereocenters. The molecule has 1 aromatic rings. The van der Waals surface area contributed by atoms with Crippen molar-refractivity contribution in [2.45, 2.75) is 25.8 Å². The van der Waals surface area contributed by atoms with Gasteiger partial charge < -0.3 is 5.11 Å². The van der Waals surface area contributed by atoms with Crippen LogP contribution in [0.2, 0.25) is 0 Å². The molecule has 0 bridgehead atoms. The maximum absolute atomic E-state index is 10.9. The quantitative estimate of drug-likeness (QED) is 0.711. The van der Waals surface area contributed by atoms with Gasteiger partial charge in [-0.15, -0.1) is 0 Å². The van der Waals surface area contributed by atoms with Crippen LogP contribution in [0.4, 0.5) is 0 Å². The lowest BCUT2D eigenvalue weighted by molar-refractivity contribution is -0.711. The molecule has 3 nitrogen and oxygen atoms in total. The molecule has 0 saturated heterocycles. The van der Waals surface area contributed by atoms with Crippen LogP contribution >= 0.6 is 0 Å². The molecule has 0 aliphatic rings. The van der Waals surface area contributed by atoms with Gasteiger partial charge in [0.05, 0.1) is 0 Å². The van der Waals surface area contributed by atoms with Gasteiger partial charge in [0.15, 0.2) is 12.4 Å². The molecule has 0 amide bonds. The van der Waals surface area contributed by atoms with Crippen LogP contribution in [0.3, 0.4) is 0 Å².